The average molecular weight is 394 g/mol. The SMILES string of the molecule is N#Cc1ncc(-c2cc(Cl)ccc2Cl)cc1-c1cc(Cl)ccc1Cl. The molecule has 3 aromatic rings. The molecule has 118 valence electrons. The highest BCUT2D eigenvalue weighted by atomic mass is 35.5. The first-order chi connectivity index (χ1) is 11.5. The summed E-state index contributed by atoms with van der Waals surface area (Å²) in [7, 11) is 0. The van der Waals surface area contributed by atoms with Gasteiger partial charge in [-0.3, -0.25) is 0 Å². The van der Waals surface area contributed by atoms with Crippen LogP contribution in [0.15, 0.2) is 48.7 Å². The molecule has 0 amide bonds. The van der Waals surface area contributed by atoms with Gasteiger partial charge in [-0.25, -0.2) is 4.98 Å². The Morgan fingerprint density at radius 1 is 0.750 bits per heavy atom. The first kappa shape index (κ1) is 17.1. The molecule has 3 rings (SSSR count). The lowest BCUT2D eigenvalue weighted by Gasteiger charge is -2.11. The number of hydrogen-bond acceptors (Lipinski definition) is 2. The Kier molecular flexibility index (Phi) is 4.99. The lowest BCUT2D eigenvalue weighted by molar-refractivity contribution is 1.26. The van der Waals surface area contributed by atoms with Crippen molar-refractivity contribution in [3.8, 4) is 28.3 Å². The maximum Gasteiger partial charge on any atom is 0.148 e. The molecule has 1 aromatic heterocycles. The minimum absolute atomic E-state index is 0.251. The molecule has 0 bridgehead atoms. The predicted molar refractivity (Wildman–Crippen MR) is 99.9 cm³/mol. The quantitative estimate of drug-likeness (QED) is 0.474. The van der Waals surface area contributed by atoms with E-state index in [0.717, 1.165) is 11.1 Å². The summed E-state index contributed by atoms with van der Waals surface area (Å²) < 4.78 is 0. The van der Waals surface area contributed by atoms with Crippen LogP contribution in [-0.2, 0) is 0 Å². The first-order valence-corrected chi connectivity index (χ1v) is 8.32. The Bertz CT molecular complexity index is 977. The van der Waals surface area contributed by atoms with Crippen LogP contribution in [0, 0.1) is 11.3 Å². The number of aromatic nitrogens is 1. The molecule has 1 heterocycles. The van der Waals surface area contributed by atoms with Crippen molar-refractivity contribution in [2.45, 2.75) is 0 Å². The van der Waals surface area contributed by atoms with E-state index in [9.17, 15) is 5.26 Å². The van der Waals surface area contributed by atoms with Crippen molar-refractivity contribution < 1.29 is 0 Å². The standard InChI is InChI=1S/C18H8Cl4N2/c19-11-1-3-16(21)13(6-11)10-5-15(18(8-23)24-9-10)14-7-12(20)2-4-17(14)22/h1-7,9H. The number of benzene rings is 2. The lowest BCUT2D eigenvalue weighted by atomic mass is 9.99. The third-order valence-electron chi connectivity index (χ3n) is 3.45. The van der Waals surface area contributed by atoms with E-state index in [1.54, 1.807) is 48.7 Å². The summed E-state index contributed by atoms with van der Waals surface area (Å²) in [5.74, 6) is 0. The molecule has 0 unspecified atom stereocenters. The number of halogens is 4. The van der Waals surface area contributed by atoms with Crippen LogP contribution in [0.25, 0.3) is 22.3 Å². The lowest BCUT2D eigenvalue weighted by Crippen LogP contribution is -1.92. The normalized spacial score (nSPS) is 10.5. The fraction of sp³-hybridized carbons (Fsp3) is 0. The zero-order valence-electron chi connectivity index (χ0n) is 12.0. The summed E-state index contributed by atoms with van der Waals surface area (Å²) in [5.41, 5.74) is 2.92. The third-order valence-corrected chi connectivity index (χ3v) is 4.58. The Morgan fingerprint density at radius 3 is 1.96 bits per heavy atom. The largest absolute Gasteiger partial charge is 0.244 e. The molecule has 6 heteroatoms. The van der Waals surface area contributed by atoms with Crippen LogP contribution in [0.2, 0.25) is 20.1 Å². The molecule has 0 fully saturated rings. The fourth-order valence-corrected chi connectivity index (χ4v) is 3.12. The Hall–Kier alpha value is -1.76. The molecule has 0 saturated heterocycles. The van der Waals surface area contributed by atoms with E-state index in [1.165, 1.54) is 0 Å². The number of rotatable bonds is 2. The summed E-state index contributed by atoms with van der Waals surface area (Å²) in [4.78, 5) is 4.23. The van der Waals surface area contributed by atoms with Gasteiger partial charge in [0.2, 0.25) is 0 Å². The molecule has 0 aliphatic rings. The summed E-state index contributed by atoms with van der Waals surface area (Å²) in [6, 6.07) is 14.1. The van der Waals surface area contributed by atoms with E-state index in [0.29, 0.717) is 31.2 Å². The van der Waals surface area contributed by atoms with Crippen LogP contribution in [-0.4, -0.2) is 4.98 Å². The molecule has 0 spiro atoms. The van der Waals surface area contributed by atoms with Gasteiger partial charge in [0.25, 0.3) is 0 Å². The third kappa shape index (κ3) is 3.36. The molecule has 0 aliphatic heterocycles. The van der Waals surface area contributed by atoms with Crippen LogP contribution < -0.4 is 0 Å². The van der Waals surface area contributed by atoms with Crippen molar-refractivity contribution in [2.24, 2.45) is 0 Å². The minimum Gasteiger partial charge on any atom is -0.244 e. The highest BCUT2D eigenvalue weighted by Crippen LogP contribution is 2.36. The molecule has 0 radical (unpaired) electrons. The summed E-state index contributed by atoms with van der Waals surface area (Å²) in [5, 5.41) is 11.5. The van der Waals surface area contributed by atoms with Crippen LogP contribution in [0.3, 0.4) is 0 Å². The summed E-state index contributed by atoms with van der Waals surface area (Å²) >= 11 is 24.7. The molecule has 0 saturated carbocycles. The second-order valence-electron chi connectivity index (χ2n) is 4.98. The molecule has 0 aliphatic carbocycles. The van der Waals surface area contributed by atoms with Crippen molar-refractivity contribution in [2.75, 3.05) is 0 Å². The van der Waals surface area contributed by atoms with Gasteiger partial charge in [0.1, 0.15) is 11.8 Å². The first-order valence-electron chi connectivity index (χ1n) is 6.80. The van der Waals surface area contributed by atoms with E-state index in [1.807, 2.05) is 0 Å². The van der Waals surface area contributed by atoms with Crippen molar-refractivity contribution in [1.29, 1.82) is 5.26 Å². The van der Waals surface area contributed by atoms with Gasteiger partial charge in [0.15, 0.2) is 0 Å². The van der Waals surface area contributed by atoms with E-state index >= 15 is 0 Å². The molecular weight excluding hydrogens is 386 g/mol. The summed E-state index contributed by atoms with van der Waals surface area (Å²) in [6.07, 6.45) is 1.58. The van der Waals surface area contributed by atoms with Crippen LogP contribution in [0.1, 0.15) is 5.69 Å². The van der Waals surface area contributed by atoms with E-state index in [2.05, 4.69) is 11.1 Å². The Morgan fingerprint density at radius 2 is 1.33 bits per heavy atom. The maximum atomic E-state index is 9.36. The Labute approximate surface area is 159 Å². The van der Waals surface area contributed by atoms with Gasteiger partial charge >= 0.3 is 0 Å². The second-order valence-corrected chi connectivity index (χ2v) is 6.67. The topological polar surface area (TPSA) is 36.7 Å². The number of pyridine rings is 1. The van der Waals surface area contributed by atoms with Gasteiger partial charge in [0, 0.05) is 48.5 Å². The molecule has 2 nitrogen and oxygen atoms in total. The number of nitriles is 1. The average Bonchev–Trinajstić information content (AvgIpc) is 2.58. The highest BCUT2D eigenvalue weighted by Gasteiger charge is 2.14. The second kappa shape index (κ2) is 7.01. The molecule has 2 aromatic carbocycles. The van der Waals surface area contributed by atoms with Crippen molar-refractivity contribution in [3.63, 3.8) is 0 Å². The van der Waals surface area contributed by atoms with Crippen molar-refractivity contribution in [3.05, 3.63) is 74.4 Å². The molecule has 0 N–H and O–H groups in total. The smallest absolute Gasteiger partial charge is 0.148 e. The van der Waals surface area contributed by atoms with Gasteiger partial charge < -0.3 is 0 Å². The number of hydrogen-bond donors (Lipinski definition) is 0. The van der Waals surface area contributed by atoms with E-state index in [4.69, 9.17) is 46.4 Å². The van der Waals surface area contributed by atoms with Crippen molar-refractivity contribution in [1.82, 2.24) is 4.98 Å². The van der Waals surface area contributed by atoms with Crippen LogP contribution in [0.4, 0.5) is 0 Å². The zero-order chi connectivity index (χ0) is 17.3. The number of nitrogens with zero attached hydrogens (tertiary/aromatic N) is 2. The fourth-order valence-electron chi connectivity index (χ4n) is 2.33. The maximum absolute atomic E-state index is 9.36. The van der Waals surface area contributed by atoms with Gasteiger partial charge in [-0.15, -0.1) is 0 Å². The van der Waals surface area contributed by atoms with Gasteiger partial charge in [-0.05, 0) is 42.5 Å². The van der Waals surface area contributed by atoms with E-state index < -0.39 is 0 Å². The van der Waals surface area contributed by atoms with Crippen molar-refractivity contribution >= 4 is 46.4 Å². The molecule has 24 heavy (non-hydrogen) atoms. The van der Waals surface area contributed by atoms with Gasteiger partial charge in [-0.2, -0.15) is 5.26 Å². The molecular formula is C18H8Cl4N2. The van der Waals surface area contributed by atoms with Crippen LogP contribution >= 0.6 is 46.4 Å². The Balaban J connectivity index is 2.25. The minimum atomic E-state index is 0.251. The van der Waals surface area contributed by atoms with Gasteiger partial charge in [0.05, 0.1) is 0 Å². The monoisotopic (exact) mass is 392 g/mol. The highest BCUT2D eigenvalue weighted by molar-refractivity contribution is 6.36. The zero-order valence-corrected chi connectivity index (χ0v) is 15.0. The molecule has 0 atom stereocenters. The summed E-state index contributed by atoms with van der Waals surface area (Å²) in [6.45, 7) is 0. The van der Waals surface area contributed by atoms with Crippen LogP contribution in [0.5, 0.6) is 0 Å². The predicted octanol–water partition coefficient (Wildman–Crippen LogP) is 6.90. The van der Waals surface area contributed by atoms with Gasteiger partial charge in [-0.1, -0.05) is 46.4 Å². The van der Waals surface area contributed by atoms with E-state index in [-0.39, 0.29) is 5.69 Å².